The van der Waals surface area contributed by atoms with Gasteiger partial charge >= 0.3 is 0 Å². The Morgan fingerprint density at radius 2 is 2.12 bits per heavy atom. The monoisotopic (exact) mass is 338 g/mol. The molecule has 1 aromatic carbocycles. The van der Waals surface area contributed by atoms with E-state index < -0.39 is 17.7 Å². The number of oxazole rings is 1. The molecule has 2 N–H and O–H groups in total. The van der Waals surface area contributed by atoms with Crippen LogP contribution in [0.2, 0.25) is 0 Å². The number of rotatable bonds is 7. The fourth-order valence-corrected chi connectivity index (χ4v) is 2.00. The molecule has 0 spiro atoms. The second-order valence-corrected chi connectivity index (χ2v) is 5.86. The van der Waals surface area contributed by atoms with Gasteiger partial charge in [-0.15, -0.1) is 0 Å². The van der Waals surface area contributed by atoms with Gasteiger partial charge in [-0.2, -0.15) is 0 Å². The summed E-state index contributed by atoms with van der Waals surface area (Å²) < 4.78 is 32.0. The number of aromatic nitrogens is 1. The number of nitrogens with one attached hydrogen (secondary N) is 1. The van der Waals surface area contributed by atoms with Crippen LogP contribution in [0.3, 0.4) is 0 Å². The molecular formula is C17H20F2N2O3. The summed E-state index contributed by atoms with van der Waals surface area (Å²) >= 11 is 0. The smallest absolute Gasteiger partial charge is 0.220 e. The van der Waals surface area contributed by atoms with Crippen LogP contribution in [-0.2, 0) is 11.2 Å². The maximum atomic E-state index is 13.7. The normalized spacial score (nSPS) is 12.4. The molecule has 5 nitrogen and oxygen atoms in total. The summed E-state index contributed by atoms with van der Waals surface area (Å²) in [7, 11) is 0. The van der Waals surface area contributed by atoms with E-state index in [9.17, 15) is 18.7 Å². The molecule has 1 aromatic heterocycles. The minimum absolute atomic E-state index is 0.0604. The quantitative estimate of drug-likeness (QED) is 0.814. The molecule has 0 saturated heterocycles. The summed E-state index contributed by atoms with van der Waals surface area (Å²) in [6.45, 7) is 3.91. The lowest BCUT2D eigenvalue weighted by atomic mass is 10.1. The first-order valence-corrected chi connectivity index (χ1v) is 7.71. The lowest BCUT2D eigenvalue weighted by Crippen LogP contribution is -2.34. The van der Waals surface area contributed by atoms with Gasteiger partial charge in [0.15, 0.2) is 11.7 Å². The van der Waals surface area contributed by atoms with Crippen molar-refractivity contribution in [2.45, 2.75) is 32.8 Å². The number of carbonyl (C=O) groups is 1. The van der Waals surface area contributed by atoms with E-state index >= 15 is 0 Å². The van der Waals surface area contributed by atoms with E-state index in [4.69, 9.17) is 4.42 Å². The fourth-order valence-electron chi connectivity index (χ4n) is 2.00. The molecule has 1 amide bonds. The van der Waals surface area contributed by atoms with Gasteiger partial charge in [-0.05, 0) is 18.1 Å². The predicted octanol–water partition coefficient (Wildman–Crippen LogP) is 2.69. The van der Waals surface area contributed by atoms with Crippen molar-refractivity contribution in [2.24, 2.45) is 5.92 Å². The van der Waals surface area contributed by atoms with E-state index in [1.54, 1.807) is 0 Å². The van der Waals surface area contributed by atoms with Gasteiger partial charge in [0.2, 0.25) is 5.91 Å². The molecular weight excluding hydrogens is 318 g/mol. The summed E-state index contributed by atoms with van der Waals surface area (Å²) in [5.41, 5.74) is 0.111. The summed E-state index contributed by atoms with van der Waals surface area (Å²) in [5.74, 6) is -1.12. The number of aliphatic hydroxyl groups is 1. The Morgan fingerprint density at radius 3 is 2.79 bits per heavy atom. The minimum Gasteiger partial charge on any atom is -0.441 e. The Labute approximate surface area is 138 Å². The zero-order chi connectivity index (χ0) is 17.7. The van der Waals surface area contributed by atoms with E-state index in [-0.39, 0.29) is 48.4 Å². The minimum atomic E-state index is -0.738. The second kappa shape index (κ2) is 8.01. The SMILES string of the molecule is CC(C)C(O)CNC(=O)CCc1ncc(-c2ccc(F)cc2F)o1. The molecule has 7 heteroatoms. The van der Waals surface area contributed by atoms with Gasteiger partial charge in [-0.25, -0.2) is 13.8 Å². The van der Waals surface area contributed by atoms with Gasteiger partial charge in [0.25, 0.3) is 0 Å². The molecule has 0 bridgehead atoms. The number of nitrogens with zero attached hydrogens (tertiary/aromatic N) is 1. The highest BCUT2D eigenvalue weighted by atomic mass is 19.1. The van der Waals surface area contributed by atoms with Crippen LogP contribution in [0.15, 0.2) is 28.8 Å². The second-order valence-electron chi connectivity index (χ2n) is 5.86. The van der Waals surface area contributed by atoms with Crippen LogP contribution in [0.25, 0.3) is 11.3 Å². The number of benzene rings is 1. The van der Waals surface area contributed by atoms with Crippen LogP contribution in [0.4, 0.5) is 8.78 Å². The van der Waals surface area contributed by atoms with Gasteiger partial charge in [0.1, 0.15) is 11.6 Å². The average molecular weight is 338 g/mol. The van der Waals surface area contributed by atoms with Crippen LogP contribution < -0.4 is 5.32 Å². The third kappa shape index (κ3) is 4.86. The maximum Gasteiger partial charge on any atom is 0.220 e. The lowest BCUT2D eigenvalue weighted by Gasteiger charge is -2.14. The maximum absolute atomic E-state index is 13.7. The highest BCUT2D eigenvalue weighted by molar-refractivity contribution is 5.76. The zero-order valence-corrected chi connectivity index (χ0v) is 13.6. The van der Waals surface area contributed by atoms with Gasteiger partial charge in [-0.1, -0.05) is 13.8 Å². The topological polar surface area (TPSA) is 75.4 Å². The first-order chi connectivity index (χ1) is 11.4. The van der Waals surface area contributed by atoms with Gasteiger partial charge < -0.3 is 14.8 Å². The molecule has 1 heterocycles. The number of aryl methyl sites for hydroxylation is 1. The van der Waals surface area contributed by atoms with E-state index in [1.807, 2.05) is 13.8 Å². The van der Waals surface area contributed by atoms with E-state index in [0.717, 1.165) is 12.1 Å². The summed E-state index contributed by atoms with van der Waals surface area (Å²) in [6, 6.07) is 3.17. The number of hydrogen-bond donors (Lipinski definition) is 2. The molecule has 0 aliphatic heterocycles. The molecule has 1 unspecified atom stereocenters. The Hall–Kier alpha value is -2.28. The first kappa shape index (κ1) is 18.1. The lowest BCUT2D eigenvalue weighted by molar-refractivity contribution is -0.121. The van der Waals surface area contributed by atoms with Crippen molar-refractivity contribution in [3.05, 3.63) is 41.9 Å². The van der Waals surface area contributed by atoms with Crippen molar-refractivity contribution >= 4 is 5.91 Å². The highest BCUT2D eigenvalue weighted by Crippen LogP contribution is 2.24. The summed E-state index contributed by atoms with van der Waals surface area (Å²) in [5, 5.41) is 12.3. The van der Waals surface area contributed by atoms with Crippen molar-refractivity contribution in [3.63, 3.8) is 0 Å². The number of amides is 1. The van der Waals surface area contributed by atoms with Gasteiger partial charge in [-0.3, -0.25) is 4.79 Å². The molecule has 2 rings (SSSR count). The highest BCUT2D eigenvalue weighted by Gasteiger charge is 2.14. The summed E-state index contributed by atoms with van der Waals surface area (Å²) in [6.07, 6.45) is 1.12. The molecule has 0 aliphatic rings. The molecule has 2 aromatic rings. The molecule has 1 atom stereocenters. The van der Waals surface area contributed by atoms with Gasteiger partial charge in [0.05, 0.1) is 17.9 Å². The molecule has 24 heavy (non-hydrogen) atoms. The van der Waals surface area contributed by atoms with E-state index in [0.29, 0.717) is 0 Å². The third-order valence-electron chi connectivity index (χ3n) is 3.59. The van der Waals surface area contributed by atoms with Gasteiger partial charge in [0, 0.05) is 25.5 Å². The van der Waals surface area contributed by atoms with Crippen molar-refractivity contribution in [2.75, 3.05) is 6.54 Å². The van der Waals surface area contributed by atoms with Crippen LogP contribution in [-0.4, -0.2) is 28.6 Å². The summed E-state index contributed by atoms with van der Waals surface area (Å²) in [4.78, 5) is 15.7. The Kier molecular flexibility index (Phi) is 6.03. The van der Waals surface area contributed by atoms with E-state index in [2.05, 4.69) is 10.3 Å². The van der Waals surface area contributed by atoms with Crippen LogP contribution >= 0.6 is 0 Å². The predicted molar refractivity (Wildman–Crippen MR) is 84.0 cm³/mol. The molecule has 0 saturated carbocycles. The van der Waals surface area contributed by atoms with Crippen LogP contribution in [0.1, 0.15) is 26.2 Å². The third-order valence-corrected chi connectivity index (χ3v) is 3.59. The van der Waals surface area contributed by atoms with Crippen molar-refractivity contribution < 1.29 is 23.1 Å². The Balaban J connectivity index is 1.89. The number of halogens is 2. The van der Waals surface area contributed by atoms with Crippen LogP contribution in [0.5, 0.6) is 0 Å². The molecule has 0 aliphatic carbocycles. The molecule has 130 valence electrons. The number of hydrogen-bond acceptors (Lipinski definition) is 4. The Bertz CT molecular complexity index is 701. The van der Waals surface area contributed by atoms with E-state index in [1.165, 1.54) is 12.3 Å². The van der Waals surface area contributed by atoms with Crippen molar-refractivity contribution in [1.29, 1.82) is 0 Å². The number of aliphatic hydroxyl groups excluding tert-OH is 1. The number of carbonyl (C=O) groups excluding carboxylic acids is 1. The van der Waals surface area contributed by atoms with Crippen molar-refractivity contribution in [1.82, 2.24) is 10.3 Å². The zero-order valence-electron chi connectivity index (χ0n) is 13.6. The van der Waals surface area contributed by atoms with Crippen LogP contribution in [0, 0.1) is 17.6 Å². The average Bonchev–Trinajstić information content (AvgIpc) is 2.99. The van der Waals surface area contributed by atoms with Crippen molar-refractivity contribution in [3.8, 4) is 11.3 Å². The standard InChI is InChI=1S/C17H20F2N2O3/c1-10(2)14(22)8-20-16(23)5-6-17-21-9-15(24-17)12-4-3-11(18)7-13(12)19/h3-4,7,9-10,14,22H,5-6,8H2,1-2H3,(H,20,23). The molecule has 0 radical (unpaired) electrons. The fraction of sp³-hybridized carbons (Fsp3) is 0.412. The first-order valence-electron chi connectivity index (χ1n) is 7.71. The largest absolute Gasteiger partial charge is 0.441 e. The Morgan fingerprint density at radius 1 is 1.38 bits per heavy atom. The molecule has 0 fully saturated rings.